The van der Waals surface area contributed by atoms with E-state index in [0.717, 1.165) is 0 Å². The quantitative estimate of drug-likeness (QED) is 0.774. The monoisotopic (exact) mass is 294 g/mol. The zero-order chi connectivity index (χ0) is 15.2. The van der Waals surface area contributed by atoms with Gasteiger partial charge in [-0.25, -0.2) is 0 Å². The normalized spacial score (nSPS) is 20.3. The smallest absolute Gasteiger partial charge is 0.162 e. The minimum Gasteiger partial charge on any atom is -0.381 e. The van der Waals surface area contributed by atoms with E-state index in [9.17, 15) is 0 Å². The Morgan fingerprint density at radius 1 is 1.00 bits per heavy atom. The molecule has 21 heavy (non-hydrogen) atoms. The number of rotatable bonds is 7. The molecule has 1 aromatic carbocycles. The number of benzene rings is 1. The lowest BCUT2D eigenvalue weighted by Crippen LogP contribution is -2.51. The van der Waals surface area contributed by atoms with Crippen molar-refractivity contribution < 1.29 is 18.9 Å². The van der Waals surface area contributed by atoms with Crippen LogP contribution >= 0.6 is 0 Å². The van der Waals surface area contributed by atoms with Crippen LogP contribution in [0.25, 0.3) is 0 Å². The second-order valence-electron chi connectivity index (χ2n) is 6.09. The number of ether oxygens (including phenoxy) is 4. The van der Waals surface area contributed by atoms with Crippen molar-refractivity contribution in [2.24, 2.45) is 5.41 Å². The average Bonchev–Trinajstić information content (AvgIpc) is 2.49. The molecular formula is C17H26O4. The lowest BCUT2D eigenvalue weighted by atomic mass is 9.91. The predicted octanol–water partition coefficient (Wildman–Crippen LogP) is 3.01. The molecule has 1 heterocycles. The van der Waals surface area contributed by atoms with E-state index in [1.807, 2.05) is 39.0 Å². The first-order valence-corrected chi connectivity index (χ1v) is 7.53. The van der Waals surface area contributed by atoms with E-state index in [1.54, 1.807) is 0 Å². The summed E-state index contributed by atoms with van der Waals surface area (Å²) in [6.07, 6.45) is 0. The highest BCUT2D eigenvalue weighted by molar-refractivity contribution is 5.13. The highest BCUT2D eigenvalue weighted by atomic mass is 16.7. The molecule has 0 spiro atoms. The summed E-state index contributed by atoms with van der Waals surface area (Å²) >= 11 is 0. The van der Waals surface area contributed by atoms with Crippen molar-refractivity contribution in [1.82, 2.24) is 0 Å². The van der Waals surface area contributed by atoms with E-state index in [1.165, 1.54) is 5.56 Å². The molecule has 0 aliphatic carbocycles. The predicted molar refractivity (Wildman–Crippen MR) is 81.0 cm³/mol. The molecule has 1 saturated heterocycles. The maximum absolute atomic E-state index is 5.89. The van der Waals surface area contributed by atoms with E-state index in [-0.39, 0.29) is 5.41 Å². The van der Waals surface area contributed by atoms with Gasteiger partial charge >= 0.3 is 0 Å². The van der Waals surface area contributed by atoms with E-state index in [2.05, 4.69) is 12.1 Å². The Labute approximate surface area is 127 Å². The van der Waals surface area contributed by atoms with E-state index >= 15 is 0 Å². The molecule has 0 atom stereocenters. The Bertz CT molecular complexity index is 406. The van der Waals surface area contributed by atoms with Gasteiger partial charge in [0.1, 0.15) is 0 Å². The first kappa shape index (κ1) is 16.4. The summed E-state index contributed by atoms with van der Waals surface area (Å²) in [5.41, 5.74) is 0.947. The van der Waals surface area contributed by atoms with Crippen LogP contribution in [0.3, 0.4) is 0 Å². The molecule has 4 heteroatoms. The van der Waals surface area contributed by atoms with Gasteiger partial charge in [0.2, 0.25) is 0 Å². The third kappa shape index (κ3) is 5.08. The van der Waals surface area contributed by atoms with Gasteiger partial charge in [-0.2, -0.15) is 0 Å². The summed E-state index contributed by atoms with van der Waals surface area (Å²) in [6.45, 7) is 9.48. The molecule has 4 nitrogen and oxygen atoms in total. The fourth-order valence-corrected chi connectivity index (χ4v) is 2.22. The van der Waals surface area contributed by atoms with Crippen LogP contribution in [-0.2, 0) is 25.6 Å². The van der Waals surface area contributed by atoms with Gasteiger partial charge in [0, 0.05) is 6.61 Å². The van der Waals surface area contributed by atoms with E-state index in [0.29, 0.717) is 39.6 Å². The first-order chi connectivity index (χ1) is 10.1. The highest BCUT2D eigenvalue weighted by Crippen LogP contribution is 2.30. The van der Waals surface area contributed by atoms with Crippen LogP contribution in [0.4, 0.5) is 0 Å². The van der Waals surface area contributed by atoms with Gasteiger partial charge in [-0.1, -0.05) is 30.3 Å². The third-order valence-electron chi connectivity index (χ3n) is 3.58. The molecule has 0 saturated carbocycles. The fourth-order valence-electron chi connectivity index (χ4n) is 2.22. The van der Waals surface area contributed by atoms with Crippen molar-refractivity contribution in [2.75, 3.05) is 33.0 Å². The highest BCUT2D eigenvalue weighted by Gasteiger charge is 2.40. The minimum absolute atomic E-state index is 0.222. The zero-order valence-electron chi connectivity index (χ0n) is 13.3. The summed E-state index contributed by atoms with van der Waals surface area (Å²) in [6, 6.07) is 10.2. The Morgan fingerprint density at radius 3 is 2.24 bits per heavy atom. The molecule has 1 fully saturated rings. The van der Waals surface area contributed by atoms with Crippen molar-refractivity contribution >= 4 is 0 Å². The van der Waals surface area contributed by atoms with Crippen molar-refractivity contribution in [2.45, 2.75) is 33.2 Å². The SMILES string of the molecule is CCOCC1(COCc2ccccc2)COC(C)(C)OC1. The molecule has 0 bridgehead atoms. The molecule has 0 N–H and O–H groups in total. The van der Waals surface area contributed by atoms with Crippen molar-refractivity contribution in [3.63, 3.8) is 0 Å². The van der Waals surface area contributed by atoms with Crippen molar-refractivity contribution in [3.05, 3.63) is 35.9 Å². The van der Waals surface area contributed by atoms with Gasteiger partial charge in [-0.3, -0.25) is 0 Å². The Balaban J connectivity index is 1.88. The van der Waals surface area contributed by atoms with Crippen molar-refractivity contribution in [1.29, 1.82) is 0 Å². The van der Waals surface area contributed by atoms with Gasteiger partial charge in [0.15, 0.2) is 5.79 Å². The summed E-state index contributed by atoms with van der Waals surface area (Å²) in [4.78, 5) is 0. The molecule has 2 rings (SSSR count). The lowest BCUT2D eigenvalue weighted by Gasteiger charge is -2.43. The summed E-state index contributed by atoms with van der Waals surface area (Å²) in [7, 11) is 0. The van der Waals surface area contributed by atoms with Gasteiger partial charge in [0.05, 0.1) is 38.4 Å². The number of hydrogen-bond acceptors (Lipinski definition) is 4. The topological polar surface area (TPSA) is 36.9 Å². The molecular weight excluding hydrogens is 268 g/mol. The van der Waals surface area contributed by atoms with E-state index < -0.39 is 5.79 Å². The molecule has 0 unspecified atom stereocenters. The van der Waals surface area contributed by atoms with Crippen LogP contribution in [0.1, 0.15) is 26.3 Å². The van der Waals surface area contributed by atoms with Crippen LogP contribution in [0, 0.1) is 5.41 Å². The van der Waals surface area contributed by atoms with Gasteiger partial charge in [0.25, 0.3) is 0 Å². The fraction of sp³-hybridized carbons (Fsp3) is 0.647. The van der Waals surface area contributed by atoms with Crippen LogP contribution in [0.5, 0.6) is 0 Å². The summed E-state index contributed by atoms with van der Waals surface area (Å²) in [5.74, 6) is -0.519. The van der Waals surface area contributed by atoms with E-state index in [4.69, 9.17) is 18.9 Å². The Kier molecular flexibility index (Phi) is 5.76. The van der Waals surface area contributed by atoms with Crippen LogP contribution < -0.4 is 0 Å². The Hall–Kier alpha value is -0.940. The maximum Gasteiger partial charge on any atom is 0.162 e. The zero-order valence-corrected chi connectivity index (χ0v) is 13.3. The molecule has 1 aliphatic rings. The second kappa shape index (κ2) is 7.36. The van der Waals surface area contributed by atoms with Crippen molar-refractivity contribution in [3.8, 4) is 0 Å². The van der Waals surface area contributed by atoms with Gasteiger partial charge < -0.3 is 18.9 Å². The molecule has 0 aromatic heterocycles. The number of hydrogen-bond donors (Lipinski definition) is 0. The summed E-state index contributed by atoms with van der Waals surface area (Å²) in [5, 5.41) is 0. The van der Waals surface area contributed by atoms with Gasteiger partial charge in [-0.05, 0) is 26.3 Å². The van der Waals surface area contributed by atoms with Crippen LogP contribution in [0.15, 0.2) is 30.3 Å². The average molecular weight is 294 g/mol. The third-order valence-corrected chi connectivity index (χ3v) is 3.58. The standard InChI is InChI=1S/C17H26O4/c1-4-18-11-17(13-20-16(2,3)21-14-17)12-19-10-15-8-6-5-7-9-15/h5-9H,4,10-14H2,1-3H3. The minimum atomic E-state index is -0.519. The first-order valence-electron chi connectivity index (χ1n) is 7.53. The molecule has 1 aliphatic heterocycles. The molecule has 0 radical (unpaired) electrons. The molecule has 118 valence electrons. The summed E-state index contributed by atoms with van der Waals surface area (Å²) < 4.78 is 23.1. The van der Waals surface area contributed by atoms with Crippen LogP contribution in [-0.4, -0.2) is 38.8 Å². The van der Waals surface area contributed by atoms with Crippen LogP contribution in [0.2, 0.25) is 0 Å². The molecule has 1 aromatic rings. The molecule has 0 amide bonds. The Morgan fingerprint density at radius 2 is 1.62 bits per heavy atom. The lowest BCUT2D eigenvalue weighted by molar-refractivity contribution is -0.299. The van der Waals surface area contributed by atoms with Gasteiger partial charge in [-0.15, -0.1) is 0 Å². The largest absolute Gasteiger partial charge is 0.381 e. The maximum atomic E-state index is 5.89. The second-order valence-corrected chi connectivity index (χ2v) is 6.09.